The largest absolute Gasteiger partial charge is 0.392 e. The van der Waals surface area contributed by atoms with E-state index in [2.05, 4.69) is 10.3 Å². The summed E-state index contributed by atoms with van der Waals surface area (Å²) in [6.07, 6.45) is 1.72. The van der Waals surface area contributed by atoms with Crippen LogP contribution in [0.5, 0.6) is 0 Å². The Morgan fingerprint density at radius 1 is 1.09 bits per heavy atom. The van der Waals surface area contributed by atoms with Crippen molar-refractivity contribution in [3.63, 3.8) is 0 Å². The molecule has 0 fully saturated rings. The maximum Gasteiger partial charge on any atom is 0.260 e. The van der Waals surface area contributed by atoms with Gasteiger partial charge in [0.15, 0.2) is 0 Å². The Morgan fingerprint density at radius 3 is 2.44 bits per heavy atom. The molecule has 32 heavy (non-hydrogen) atoms. The Bertz CT molecular complexity index is 1120. The predicted molar refractivity (Wildman–Crippen MR) is 123 cm³/mol. The molecular weight excluding hydrogens is 402 g/mol. The average molecular weight is 430 g/mol. The first-order chi connectivity index (χ1) is 15.4. The van der Waals surface area contributed by atoms with Crippen LogP contribution in [0.4, 0.5) is 5.82 Å². The Morgan fingerprint density at radius 2 is 1.81 bits per heavy atom. The fraction of sp³-hybridized carbons (Fsp3) is 0.269. The van der Waals surface area contributed by atoms with Gasteiger partial charge in [-0.05, 0) is 55.2 Å². The highest BCUT2D eigenvalue weighted by Crippen LogP contribution is 2.44. The molecule has 6 nitrogen and oxygen atoms in total. The second kappa shape index (κ2) is 8.93. The van der Waals surface area contributed by atoms with Gasteiger partial charge in [0.1, 0.15) is 5.82 Å². The molecule has 0 saturated heterocycles. The predicted octanol–water partition coefficient (Wildman–Crippen LogP) is 3.89. The summed E-state index contributed by atoms with van der Waals surface area (Å²) in [6.45, 7) is 5.70. The summed E-state index contributed by atoms with van der Waals surface area (Å²) in [5.41, 5.74) is 3.75. The molecule has 2 aromatic carbocycles. The van der Waals surface area contributed by atoms with E-state index in [1.165, 1.54) is 0 Å². The van der Waals surface area contributed by atoms with Gasteiger partial charge in [0, 0.05) is 17.8 Å². The maximum atomic E-state index is 13.7. The second-order valence-corrected chi connectivity index (χ2v) is 8.44. The van der Waals surface area contributed by atoms with Crippen molar-refractivity contribution < 1.29 is 14.7 Å². The molecule has 0 radical (unpaired) electrons. The van der Waals surface area contributed by atoms with E-state index in [-0.39, 0.29) is 24.5 Å². The van der Waals surface area contributed by atoms with Crippen LogP contribution in [0.1, 0.15) is 58.4 Å². The number of carbonyl (C=O) groups excluding carboxylic acids is 2. The standard InChI is InChI=1S/C26H27N3O3/c1-16(2)28-25(31)23-20-6-4-5-7-21(20)26(32)29(22-13-8-17(3)14-27-22)24(23)19-11-9-18(15-30)10-12-19/h4-14,16,23-24,30H,15H2,1-3H3,(H,28,31)/t23-,24+/m1/s1. The first kappa shape index (κ1) is 21.7. The van der Waals surface area contributed by atoms with Crippen LogP contribution in [-0.2, 0) is 11.4 Å². The van der Waals surface area contributed by atoms with Gasteiger partial charge in [0.2, 0.25) is 5.91 Å². The van der Waals surface area contributed by atoms with E-state index in [9.17, 15) is 14.7 Å². The molecule has 0 aliphatic carbocycles. The minimum absolute atomic E-state index is 0.0457. The third-order valence-electron chi connectivity index (χ3n) is 5.70. The van der Waals surface area contributed by atoms with Gasteiger partial charge >= 0.3 is 0 Å². The lowest BCUT2D eigenvalue weighted by atomic mass is 9.79. The first-order valence-electron chi connectivity index (χ1n) is 10.8. The first-order valence-corrected chi connectivity index (χ1v) is 10.8. The van der Waals surface area contributed by atoms with Crippen molar-refractivity contribution in [2.24, 2.45) is 0 Å². The summed E-state index contributed by atoms with van der Waals surface area (Å²) in [7, 11) is 0. The van der Waals surface area contributed by atoms with E-state index in [0.29, 0.717) is 16.9 Å². The molecule has 164 valence electrons. The van der Waals surface area contributed by atoms with Crippen LogP contribution in [-0.4, -0.2) is 27.9 Å². The van der Waals surface area contributed by atoms with Crippen LogP contribution >= 0.6 is 0 Å². The van der Waals surface area contributed by atoms with E-state index in [4.69, 9.17) is 0 Å². The Balaban J connectivity index is 1.94. The number of hydrogen-bond donors (Lipinski definition) is 2. The van der Waals surface area contributed by atoms with E-state index in [1.807, 2.05) is 75.4 Å². The van der Waals surface area contributed by atoms with Crippen LogP contribution in [0.25, 0.3) is 0 Å². The summed E-state index contributed by atoms with van der Waals surface area (Å²) >= 11 is 0. The van der Waals surface area contributed by atoms with Gasteiger partial charge in [-0.2, -0.15) is 0 Å². The smallest absolute Gasteiger partial charge is 0.260 e. The Hall–Kier alpha value is -3.51. The van der Waals surface area contributed by atoms with Gasteiger partial charge in [0.25, 0.3) is 5.91 Å². The van der Waals surface area contributed by atoms with Crippen LogP contribution in [0.2, 0.25) is 0 Å². The second-order valence-electron chi connectivity index (χ2n) is 8.44. The quantitative estimate of drug-likeness (QED) is 0.645. The lowest BCUT2D eigenvalue weighted by molar-refractivity contribution is -0.123. The highest BCUT2D eigenvalue weighted by Gasteiger charge is 2.45. The summed E-state index contributed by atoms with van der Waals surface area (Å²) in [4.78, 5) is 33.4. The maximum absolute atomic E-state index is 13.7. The Kier molecular flexibility index (Phi) is 6.06. The number of carbonyl (C=O) groups is 2. The molecule has 0 saturated carbocycles. The van der Waals surface area contributed by atoms with Crippen molar-refractivity contribution >= 4 is 17.6 Å². The molecule has 0 bridgehead atoms. The Labute approximate surface area is 187 Å². The number of aryl methyl sites for hydroxylation is 1. The van der Waals surface area contributed by atoms with Crippen LogP contribution in [0.15, 0.2) is 66.9 Å². The number of hydrogen-bond acceptors (Lipinski definition) is 4. The topological polar surface area (TPSA) is 82.5 Å². The molecule has 3 aromatic rings. The molecule has 6 heteroatoms. The molecule has 2 atom stereocenters. The van der Waals surface area contributed by atoms with E-state index >= 15 is 0 Å². The van der Waals surface area contributed by atoms with Gasteiger partial charge in [-0.15, -0.1) is 0 Å². The summed E-state index contributed by atoms with van der Waals surface area (Å²) in [6, 6.07) is 17.7. The number of fused-ring (bicyclic) bond motifs is 1. The number of aliphatic hydroxyl groups is 1. The number of aliphatic hydroxyl groups excluding tert-OH is 1. The summed E-state index contributed by atoms with van der Waals surface area (Å²) in [5.74, 6) is -0.460. The number of benzene rings is 2. The van der Waals surface area contributed by atoms with Gasteiger partial charge in [-0.3, -0.25) is 14.5 Å². The van der Waals surface area contributed by atoms with Crippen molar-refractivity contribution in [3.8, 4) is 0 Å². The number of nitrogens with zero attached hydrogens (tertiary/aromatic N) is 2. The molecule has 4 rings (SSSR count). The van der Waals surface area contributed by atoms with Gasteiger partial charge in [-0.1, -0.05) is 48.5 Å². The van der Waals surface area contributed by atoms with Crippen LogP contribution in [0.3, 0.4) is 0 Å². The molecule has 2 N–H and O–H groups in total. The monoisotopic (exact) mass is 429 g/mol. The lowest BCUT2D eigenvalue weighted by Gasteiger charge is -2.41. The van der Waals surface area contributed by atoms with Crippen molar-refractivity contribution in [1.82, 2.24) is 10.3 Å². The molecule has 2 amide bonds. The van der Waals surface area contributed by atoms with Crippen LogP contribution < -0.4 is 10.2 Å². The fourth-order valence-electron chi connectivity index (χ4n) is 4.21. The SMILES string of the molecule is Cc1ccc(N2C(=O)c3ccccc3[C@@H](C(=O)NC(C)C)[C@@H]2c2ccc(CO)cc2)nc1. The van der Waals surface area contributed by atoms with Crippen molar-refractivity contribution in [3.05, 3.63) is 94.7 Å². The number of pyridine rings is 1. The number of rotatable bonds is 5. The van der Waals surface area contributed by atoms with Crippen molar-refractivity contribution in [2.75, 3.05) is 4.90 Å². The zero-order chi connectivity index (χ0) is 22.8. The third kappa shape index (κ3) is 4.01. The van der Waals surface area contributed by atoms with E-state index < -0.39 is 12.0 Å². The molecule has 0 spiro atoms. The van der Waals surface area contributed by atoms with Crippen molar-refractivity contribution in [2.45, 2.75) is 45.4 Å². The molecule has 1 aromatic heterocycles. The molecule has 1 aliphatic heterocycles. The number of anilines is 1. The number of aromatic nitrogens is 1. The third-order valence-corrected chi connectivity index (χ3v) is 5.70. The molecule has 2 heterocycles. The summed E-state index contributed by atoms with van der Waals surface area (Å²) < 4.78 is 0. The van der Waals surface area contributed by atoms with Gasteiger partial charge in [-0.25, -0.2) is 4.98 Å². The molecular formula is C26H27N3O3. The van der Waals surface area contributed by atoms with Crippen LogP contribution in [0, 0.1) is 6.92 Å². The summed E-state index contributed by atoms with van der Waals surface area (Å²) in [5, 5.41) is 12.5. The zero-order valence-corrected chi connectivity index (χ0v) is 18.4. The number of amides is 2. The van der Waals surface area contributed by atoms with Crippen molar-refractivity contribution in [1.29, 1.82) is 0 Å². The highest BCUT2D eigenvalue weighted by atomic mass is 16.3. The average Bonchev–Trinajstić information content (AvgIpc) is 2.79. The zero-order valence-electron chi connectivity index (χ0n) is 18.4. The normalized spacial score (nSPS) is 17.9. The van der Waals surface area contributed by atoms with E-state index in [1.54, 1.807) is 17.2 Å². The highest BCUT2D eigenvalue weighted by molar-refractivity contribution is 6.11. The molecule has 1 aliphatic rings. The number of nitrogens with one attached hydrogen (secondary N) is 1. The minimum Gasteiger partial charge on any atom is -0.392 e. The lowest BCUT2D eigenvalue weighted by Crippen LogP contribution is -2.48. The van der Waals surface area contributed by atoms with Gasteiger partial charge in [0.05, 0.1) is 18.6 Å². The van der Waals surface area contributed by atoms with E-state index in [0.717, 1.165) is 16.7 Å². The molecule has 0 unspecified atom stereocenters. The fourth-order valence-corrected chi connectivity index (χ4v) is 4.21. The van der Waals surface area contributed by atoms with Gasteiger partial charge < -0.3 is 10.4 Å². The minimum atomic E-state index is -0.616.